The lowest BCUT2D eigenvalue weighted by Gasteiger charge is -2.09. The molecule has 0 aromatic heterocycles. The fourth-order valence-electron chi connectivity index (χ4n) is 2.29. The number of rotatable bonds is 4. The number of benzene rings is 2. The van der Waals surface area contributed by atoms with E-state index in [0.717, 1.165) is 11.3 Å². The second kappa shape index (κ2) is 6.27. The summed E-state index contributed by atoms with van der Waals surface area (Å²) in [5.74, 6) is 0.943. The standard InChI is InChI=1S/C17H20OS/c1-12-4-5-17(16(9-12)10-18)19-11-15-7-13(2)6-14(3)8-15/h4-9,18H,10-11H2,1-3H3. The van der Waals surface area contributed by atoms with Gasteiger partial charge in [-0.2, -0.15) is 0 Å². The van der Waals surface area contributed by atoms with Gasteiger partial charge in [0.2, 0.25) is 0 Å². The summed E-state index contributed by atoms with van der Waals surface area (Å²) < 4.78 is 0. The Morgan fingerprint density at radius 1 is 0.895 bits per heavy atom. The summed E-state index contributed by atoms with van der Waals surface area (Å²) in [5, 5.41) is 9.41. The molecule has 0 amide bonds. The molecule has 0 saturated carbocycles. The predicted molar refractivity (Wildman–Crippen MR) is 82.6 cm³/mol. The molecule has 0 spiro atoms. The molecule has 2 aromatic rings. The fraction of sp³-hybridized carbons (Fsp3) is 0.294. The van der Waals surface area contributed by atoms with Gasteiger partial charge in [-0.1, -0.05) is 47.0 Å². The highest BCUT2D eigenvalue weighted by Crippen LogP contribution is 2.27. The molecule has 0 unspecified atom stereocenters. The molecule has 0 bridgehead atoms. The Bertz CT molecular complexity index is 555. The van der Waals surface area contributed by atoms with Crippen molar-refractivity contribution in [1.29, 1.82) is 0 Å². The molecule has 0 aliphatic rings. The number of thioether (sulfide) groups is 1. The van der Waals surface area contributed by atoms with Crippen LogP contribution in [0.4, 0.5) is 0 Å². The van der Waals surface area contributed by atoms with E-state index in [1.165, 1.54) is 27.1 Å². The number of aryl methyl sites for hydroxylation is 3. The largest absolute Gasteiger partial charge is 0.392 e. The Balaban J connectivity index is 2.14. The van der Waals surface area contributed by atoms with E-state index in [9.17, 15) is 5.11 Å². The Labute approximate surface area is 119 Å². The molecule has 0 saturated heterocycles. The van der Waals surface area contributed by atoms with Gasteiger partial charge >= 0.3 is 0 Å². The summed E-state index contributed by atoms with van der Waals surface area (Å²) in [6.07, 6.45) is 0. The zero-order valence-electron chi connectivity index (χ0n) is 11.7. The summed E-state index contributed by atoms with van der Waals surface area (Å²) in [6, 6.07) is 12.9. The SMILES string of the molecule is Cc1cc(C)cc(CSc2ccc(C)cc2CO)c1. The van der Waals surface area contributed by atoms with Gasteiger partial charge in [-0.3, -0.25) is 0 Å². The quantitative estimate of drug-likeness (QED) is 0.833. The van der Waals surface area contributed by atoms with Crippen molar-refractivity contribution >= 4 is 11.8 Å². The first-order valence-electron chi connectivity index (χ1n) is 6.49. The number of hydrogen-bond acceptors (Lipinski definition) is 2. The maximum Gasteiger partial charge on any atom is 0.0692 e. The molecule has 1 N–H and O–H groups in total. The summed E-state index contributed by atoms with van der Waals surface area (Å²) in [4.78, 5) is 1.17. The lowest BCUT2D eigenvalue weighted by Crippen LogP contribution is -1.90. The molecule has 1 nitrogen and oxygen atoms in total. The van der Waals surface area contributed by atoms with E-state index >= 15 is 0 Å². The molecule has 0 aliphatic heterocycles. The van der Waals surface area contributed by atoms with Gasteiger partial charge in [0.05, 0.1) is 6.61 Å². The Hall–Kier alpha value is -1.25. The number of aliphatic hydroxyl groups is 1. The minimum absolute atomic E-state index is 0.108. The number of hydrogen-bond donors (Lipinski definition) is 1. The highest BCUT2D eigenvalue weighted by Gasteiger charge is 2.04. The second-order valence-electron chi connectivity index (χ2n) is 5.05. The van der Waals surface area contributed by atoms with Gasteiger partial charge in [0, 0.05) is 10.6 Å². The lowest BCUT2D eigenvalue weighted by molar-refractivity contribution is 0.279. The first-order valence-corrected chi connectivity index (χ1v) is 7.47. The molecular formula is C17H20OS. The van der Waals surface area contributed by atoms with Gasteiger partial charge in [-0.25, -0.2) is 0 Å². The van der Waals surface area contributed by atoms with Crippen LogP contribution in [-0.4, -0.2) is 5.11 Å². The van der Waals surface area contributed by atoms with Crippen molar-refractivity contribution < 1.29 is 5.11 Å². The first-order chi connectivity index (χ1) is 9.08. The normalized spacial score (nSPS) is 10.7. The molecule has 0 atom stereocenters. The van der Waals surface area contributed by atoms with Crippen molar-refractivity contribution in [2.45, 2.75) is 38.0 Å². The molecule has 0 aliphatic carbocycles. The summed E-state index contributed by atoms with van der Waals surface area (Å²) in [7, 11) is 0. The van der Waals surface area contributed by atoms with Crippen LogP contribution in [-0.2, 0) is 12.4 Å². The highest BCUT2D eigenvalue weighted by molar-refractivity contribution is 7.98. The Morgan fingerprint density at radius 3 is 2.21 bits per heavy atom. The van der Waals surface area contributed by atoms with Gasteiger partial charge in [0.1, 0.15) is 0 Å². The molecule has 100 valence electrons. The van der Waals surface area contributed by atoms with Gasteiger partial charge in [-0.05, 0) is 38.0 Å². The van der Waals surface area contributed by atoms with E-state index in [2.05, 4.69) is 57.2 Å². The molecule has 2 heteroatoms. The minimum Gasteiger partial charge on any atom is -0.392 e. The second-order valence-corrected chi connectivity index (χ2v) is 6.07. The maximum absolute atomic E-state index is 9.41. The van der Waals surface area contributed by atoms with E-state index in [1.807, 2.05) is 0 Å². The predicted octanol–water partition coefficient (Wildman–Crippen LogP) is 4.40. The van der Waals surface area contributed by atoms with Crippen molar-refractivity contribution in [3.05, 3.63) is 64.2 Å². The van der Waals surface area contributed by atoms with Crippen molar-refractivity contribution in [1.82, 2.24) is 0 Å². The molecule has 2 rings (SSSR count). The van der Waals surface area contributed by atoms with Crippen molar-refractivity contribution in [3.8, 4) is 0 Å². The van der Waals surface area contributed by atoms with Crippen LogP contribution in [0.3, 0.4) is 0 Å². The van der Waals surface area contributed by atoms with Crippen molar-refractivity contribution in [2.24, 2.45) is 0 Å². The third-order valence-corrected chi connectivity index (χ3v) is 4.25. The van der Waals surface area contributed by atoms with Crippen LogP contribution in [0.25, 0.3) is 0 Å². The topological polar surface area (TPSA) is 20.2 Å². The molecule has 2 aromatic carbocycles. The molecular weight excluding hydrogens is 252 g/mol. The van der Waals surface area contributed by atoms with E-state index in [-0.39, 0.29) is 6.61 Å². The minimum atomic E-state index is 0.108. The van der Waals surface area contributed by atoms with Gasteiger partial charge in [-0.15, -0.1) is 11.8 Å². The van der Waals surface area contributed by atoms with Crippen LogP contribution in [0.5, 0.6) is 0 Å². The summed E-state index contributed by atoms with van der Waals surface area (Å²) in [5.41, 5.74) is 6.17. The fourth-order valence-corrected chi connectivity index (χ4v) is 3.25. The molecule has 19 heavy (non-hydrogen) atoms. The molecule has 0 fully saturated rings. The molecule has 0 radical (unpaired) electrons. The maximum atomic E-state index is 9.41. The van der Waals surface area contributed by atoms with Crippen LogP contribution in [0, 0.1) is 20.8 Å². The number of aliphatic hydroxyl groups excluding tert-OH is 1. The van der Waals surface area contributed by atoms with Crippen LogP contribution in [0.15, 0.2) is 41.3 Å². The average Bonchev–Trinajstić information content (AvgIpc) is 2.36. The van der Waals surface area contributed by atoms with E-state index in [0.29, 0.717) is 0 Å². The third kappa shape index (κ3) is 3.85. The van der Waals surface area contributed by atoms with Gasteiger partial charge in [0.15, 0.2) is 0 Å². The summed E-state index contributed by atoms with van der Waals surface area (Å²) >= 11 is 1.79. The Morgan fingerprint density at radius 2 is 1.58 bits per heavy atom. The monoisotopic (exact) mass is 272 g/mol. The lowest BCUT2D eigenvalue weighted by atomic mass is 10.1. The molecule has 0 heterocycles. The van der Waals surface area contributed by atoms with E-state index in [4.69, 9.17) is 0 Å². The van der Waals surface area contributed by atoms with Crippen LogP contribution < -0.4 is 0 Å². The zero-order chi connectivity index (χ0) is 13.8. The van der Waals surface area contributed by atoms with E-state index in [1.54, 1.807) is 11.8 Å². The zero-order valence-corrected chi connectivity index (χ0v) is 12.6. The third-order valence-electron chi connectivity index (χ3n) is 3.06. The Kier molecular flexibility index (Phi) is 4.67. The van der Waals surface area contributed by atoms with Crippen LogP contribution >= 0.6 is 11.8 Å². The van der Waals surface area contributed by atoms with Gasteiger partial charge < -0.3 is 5.11 Å². The summed E-state index contributed by atoms with van der Waals surface area (Å²) in [6.45, 7) is 6.42. The van der Waals surface area contributed by atoms with Gasteiger partial charge in [0.25, 0.3) is 0 Å². The van der Waals surface area contributed by atoms with Crippen molar-refractivity contribution in [3.63, 3.8) is 0 Å². The average molecular weight is 272 g/mol. The van der Waals surface area contributed by atoms with Crippen LogP contribution in [0.2, 0.25) is 0 Å². The van der Waals surface area contributed by atoms with Crippen LogP contribution in [0.1, 0.15) is 27.8 Å². The first kappa shape index (κ1) is 14.2. The smallest absolute Gasteiger partial charge is 0.0692 e. The highest BCUT2D eigenvalue weighted by atomic mass is 32.2. The van der Waals surface area contributed by atoms with Crippen molar-refractivity contribution in [2.75, 3.05) is 0 Å². The van der Waals surface area contributed by atoms with E-state index < -0.39 is 0 Å².